The molecule has 0 atom stereocenters. The van der Waals surface area contributed by atoms with E-state index in [4.69, 9.17) is 0 Å². The molecule has 1 N–H and O–H groups in total. The number of hydrogen-bond acceptors (Lipinski definition) is 4. The van der Waals surface area contributed by atoms with Gasteiger partial charge in [-0.15, -0.1) is 8.78 Å². The average molecular weight is 320 g/mol. The molecule has 2 aromatic carbocycles. The number of rotatable bonds is 3. The molecule has 7 heteroatoms. The van der Waals surface area contributed by atoms with Crippen molar-refractivity contribution in [3.63, 3.8) is 0 Å². The van der Waals surface area contributed by atoms with E-state index in [0.717, 1.165) is 5.69 Å². The monoisotopic (exact) mass is 320 g/mol. The van der Waals surface area contributed by atoms with Crippen LogP contribution in [-0.2, 0) is 0 Å². The molecule has 0 radical (unpaired) electrons. The number of halogens is 2. The second-order valence-electron chi connectivity index (χ2n) is 5.22. The zero-order chi connectivity index (χ0) is 16.6. The van der Waals surface area contributed by atoms with Crippen molar-refractivity contribution in [1.82, 2.24) is 0 Å². The standard InChI is InChI=1S/C16H14F2N2O3/c1-20(2)12-6-3-10(4-7-12)15(21)19-11-5-8-13-14(9-11)23-16(17,18)22-13/h3-9H,1-2H3,(H,19,21). The second kappa shape index (κ2) is 5.42. The van der Waals surface area contributed by atoms with Crippen LogP contribution in [0.25, 0.3) is 0 Å². The van der Waals surface area contributed by atoms with E-state index in [1.165, 1.54) is 18.2 Å². The van der Waals surface area contributed by atoms with Gasteiger partial charge in [0.05, 0.1) is 0 Å². The Hall–Kier alpha value is -2.83. The number of alkyl halides is 2. The van der Waals surface area contributed by atoms with Crippen molar-refractivity contribution >= 4 is 17.3 Å². The van der Waals surface area contributed by atoms with E-state index in [0.29, 0.717) is 11.3 Å². The molecule has 0 saturated heterocycles. The normalized spacial score (nSPS) is 14.4. The number of anilines is 2. The fourth-order valence-corrected chi connectivity index (χ4v) is 2.14. The summed E-state index contributed by atoms with van der Waals surface area (Å²) >= 11 is 0. The lowest BCUT2D eigenvalue weighted by Crippen LogP contribution is -2.25. The molecule has 0 fully saturated rings. The van der Waals surface area contributed by atoms with E-state index in [2.05, 4.69) is 14.8 Å². The predicted molar refractivity (Wildman–Crippen MR) is 81.4 cm³/mol. The van der Waals surface area contributed by atoms with Crippen LogP contribution in [0, 0.1) is 0 Å². The van der Waals surface area contributed by atoms with Gasteiger partial charge in [-0.05, 0) is 36.4 Å². The number of carbonyl (C=O) groups excluding carboxylic acids is 1. The lowest BCUT2D eigenvalue weighted by Gasteiger charge is -2.12. The topological polar surface area (TPSA) is 50.8 Å². The van der Waals surface area contributed by atoms with Crippen molar-refractivity contribution in [2.75, 3.05) is 24.3 Å². The Morgan fingerprint density at radius 1 is 1.04 bits per heavy atom. The van der Waals surface area contributed by atoms with Crippen LogP contribution >= 0.6 is 0 Å². The molecular formula is C16H14F2N2O3. The van der Waals surface area contributed by atoms with Crippen molar-refractivity contribution in [1.29, 1.82) is 0 Å². The molecule has 0 saturated carbocycles. The predicted octanol–water partition coefficient (Wildman–Crippen LogP) is 3.33. The smallest absolute Gasteiger partial charge is 0.395 e. The van der Waals surface area contributed by atoms with Gasteiger partial charge >= 0.3 is 6.29 Å². The number of amides is 1. The van der Waals surface area contributed by atoms with Crippen molar-refractivity contribution in [3.05, 3.63) is 48.0 Å². The van der Waals surface area contributed by atoms with Gasteiger partial charge < -0.3 is 19.7 Å². The van der Waals surface area contributed by atoms with E-state index in [-0.39, 0.29) is 17.4 Å². The van der Waals surface area contributed by atoms with Gasteiger partial charge in [0.2, 0.25) is 0 Å². The minimum absolute atomic E-state index is 0.0664. The number of benzene rings is 2. The van der Waals surface area contributed by atoms with Crippen LogP contribution in [0.15, 0.2) is 42.5 Å². The van der Waals surface area contributed by atoms with E-state index in [1.54, 1.807) is 12.1 Å². The lowest BCUT2D eigenvalue weighted by molar-refractivity contribution is -0.286. The van der Waals surface area contributed by atoms with Gasteiger partial charge in [0.15, 0.2) is 11.5 Å². The summed E-state index contributed by atoms with van der Waals surface area (Å²) in [4.78, 5) is 14.1. The first-order chi connectivity index (χ1) is 10.8. The molecule has 0 unspecified atom stereocenters. The summed E-state index contributed by atoms with van der Waals surface area (Å²) < 4.78 is 34.6. The number of nitrogens with zero attached hydrogens (tertiary/aromatic N) is 1. The van der Waals surface area contributed by atoms with Gasteiger partial charge in [0.25, 0.3) is 5.91 Å². The highest BCUT2D eigenvalue weighted by Gasteiger charge is 2.43. The maximum Gasteiger partial charge on any atom is 0.586 e. The average Bonchev–Trinajstić information content (AvgIpc) is 2.80. The second-order valence-corrected chi connectivity index (χ2v) is 5.22. The third-order valence-corrected chi connectivity index (χ3v) is 3.31. The van der Waals surface area contributed by atoms with Crippen LogP contribution in [0.5, 0.6) is 11.5 Å². The maximum atomic E-state index is 13.0. The molecule has 1 aliphatic heterocycles. The Kier molecular flexibility index (Phi) is 3.55. The van der Waals surface area contributed by atoms with E-state index >= 15 is 0 Å². The van der Waals surface area contributed by atoms with Crippen LogP contribution in [0.2, 0.25) is 0 Å². The van der Waals surface area contributed by atoms with Gasteiger partial charge in [-0.3, -0.25) is 4.79 Å². The summed E-state index contributed by atoms with van der Waals surface area (Å²) in [6.45, 7) is 0. The summed E-state index contributed by atoms with van der Waals surface area (Å²) in [5, 5.41) is 2.63. The summed E-state index contributed by atoms with van der Waals surface area (Å²) in [5.74, 6) is -0.528. The highest BCUT2D eigenvalue weighted by atomic mass is 19.3. The van der Waals surface area contributed by atoms with E-state index in [1.807, 2.05) is 31.1 Å². The largest absolute Gasteiger partial charge is 0.586 e. The minimum Gasteiger partial charge on any atom is -0.395 e. The Balaban J connectivity index is 1.74. The molecule has 23 heavy (non-hydrogen) atoms. The van der Waals surface area contributed by atoms with Crippen LogP contribution in [0.3, 0.4) is 0 Å². The fraction of sp³-hybridized carbons (Fsp3) is 0.188. The quantitative estimate of drug-likeness (QED) is 0.942. The van der Waals surface area contributed by atoms with Gasteiger partial charge in [-0.1, -0.05) is 0 Å². The summed E-state index contributed by atoms with van der Waals surface area (Å²) in [6.07, 6.45) is -3.67. The fourth-order valence-electron chi connectivity index (χ4n) is 2.14. The van der Waals surface area contributed by atoms with E-state index < -0.39 is 6.29 Å². The number of carbonyl (C=O) groups is 1. The molecule has 0 bridgehead atoms. The summed E-state index contributed by atoms with van der Waals surface area (Å²) in [6, 6.07) is 11.1. The van der Waals surface area contributed by atoms with Crippen LogP contribution in [0.4, 0.5) is 20.2 Å². The molecule has 1 aliphatic rings. The molecule has 1 amide bonds. The first-order valence-corrected chi connectivity index (χ1v) is 6.83. The van der Waals surface area contributed by atoms with E-state index in [9.17, 15) is 13.6 Å². The highest BCUT2D eigenvalue weighted by molar-refractivity contribution is 6.04. The summed E-state index contributed by atoms with van der Waals surface area (Å²) in [7, 11) is 3.80. The van der Waals surface area contributed by atoms with Crippen molar-refractivity contribution in [2.45, 2.75) is 6.29 Å². The molecular weight excluding hydrogens is 306 g/mol. The van der Waals surface area contributed by atoms with Crippen molar-refractivity contribution < 1.29 is 23.0 Å². The zero-order valence-corrected chi connectivity index (χ0v) is 12.5. The SMILES string of the molecule is CN(C)c1ccc(C(=O)Nc2ccc3c(c2)OC(F)(F)O3)cc1. The maximum absolute atomic E-state index is 13.0. The van der Waals surface area contributed by atoms with Crippen LogP contribution < -0.4 is 19.7 Å². The number of hydrogen-bond donors (Lipinski definition) is 1. The Bertz CT molecular complexity index is 745. The lowest BCUT2D eigenvalue weighted by atomic mass is 10.2. The number of fused-ring (bicyclic) bond motifs is 1. The molecule has 0 aromatic heterocycles. The van der Waals surface area contributed by atoms with Crippen LogP contribution in [0.1, 0.15) is 10.4 Å². The number of nitrogens with one attached hydrogen (secondary N) is 1. The molecule has 2 aromatic rings. The highest BCUT2D eigenvalue weighted by Crippen LogP contribution is 2.42. The minimum atomic E-state index is -3.67. The first kappa shape index (κ1) is 15.1. The molecule has 0 spiro atoms. The van der Waals surface area contributed by atoms with Gasteiger partial charge in [-0.25, -0.2) is 0 Å². The molecule has 120 valence electrons. The zero-order valence-electron chi connectivity index (χ0n) is 12.5. The third kappa shape index (κ3) is 3.18. The molecule has 0 aliphatic carbocycles. The molecule has 5 nitrogen and oxygen atoms in total. The Labute approximate surface area is 131 Å². The summed E-state index contributed by atoms with van der Waals surface area (Å²) in [5.41, 5.74) is 1.76. The number of ether oxygens (including phenoxy) is 2. The Morgan fingerprint density at radius 2 is 1.70 bits per heavy atom. The van der Waals surface area contributed by atoms with Gasteiger partial charge in [0.1, 0.15) is 0 Å². The van der Waals surface area contributed by atoms with Crippen molar-refractivity contribution in [3.8, 4) is 11.5 Å². The molecule has 3 rings (SSSR count). The van der Waals surface area contributed by atoms with Gasteiger partial charge in [0, 0.05) is 37.1 Å². The van der Waals surface area contributed by atoms with Gasteiger partial charge in [-0.2, -0.15) is 0 Å². The first-order valence-electron chi connectivity index (χ1n) is 6.83. The third-order valence-electron chi connectivity index (χ3n) is 3.31. The molecule has 1 heterocycles. The Morgan fingerprint density at radius 3 is 2.35 bits per heavy atom. The van der Waals surface area contributed by atoms with Crippen LogP contribution in [-0.4, -0.2) is 26.3 Å². The van der Waals surface area contributed by atoms with Crippen molar-refractivity contribution in [2.24, 2.45) is 0 Å².